The Balaban J connectivity index is 1.50. The summed E-state index contributed by atoms with van der Waals surface area (Å²) in [5.41, 5.74) is 1.86. The first kappa shape index (κ1) is 25.1. The molecule has 0 radical (unpaired) electrons. The van der Waals surface area contributed by atoms with Gasteiger partial charge in [0.1, 0.15) is 11.6 Å². The van der Waals surface area contributed by atoms with Gasteiger partial charge in [-0.25, -0.2) is 13.6 Å². The number of hydrogen-bond acceptors (Lipinski definition) is 4. The molecule has 6 nitrogen and oxygen atoms in total. The number of carbonyl (C=O) groups is 1. The molecule has 2 heterocycles. The van der Waals surface area contributed by atoms with Crippen LogP contribution >= 0.6 is 0 Å². The fraction of sp³-hybridized carbons (Fsp3) is 0.444. The second kappa shape index (κ2) is 11.2. The summed E-state index contributed by atoms with van der Waals surface area (Å²) in [4.78, 5) is 18.9. The molecule has 4 rings (SSSR count). The zero-order valence-electron chi connectivity index (χ0n) is 20.2. The Morgan fingerprint density at radius 3 is 2.60 bits per heavy atom. The highest BCUT2D eigenvalue weighted by Gasteiger charge is 2.49. The van der Waals surface area contributed by atoms with E-state index in [1.807, 2.05) is 31.1 Å². The van der Waals surface area contributed by atoms with Crippen LogP contribution in [0.1, 0.15) is 29.9 Å². The number of hydrogen-bond donors (Lipinski definition) is 2. The molecule has 0 spiro atoms. The number of anilines is 1. The monoisotopic (exact) mass is 482 g/mol. The Morgan fingerprint density at radius 1 is 1.14 bits per heavy atom. The first-order valence-electron chi connectivity index (χ1n) is 12.0. The molecule has 2 N–H and O–H groups in total. The number of nitrogens with one attached hydrogen (secondary N) is 1. The third-order valence-corrected chi connectivity index (χ3v) is 6.75. The maximum atomic E-state index is 14.1. The van der Waals surface area contributed by atoms with Crippen molar-refractivity contribution in [2.45, 2.75) is 30.8 Å². The van der Waals surface area contributed by atoms with Gasteiger partial charge in [0.05, 0.1) is 18.8 Å². The van der Waals surface area contributed by atoms with E-state index >= 15 is 0 Å². The van der Waals surface area contributed by atoms with Crippen molar-refractivity contribution in [3.8, 4) is 11.8 Å². The van der Waals surface area contributed by atoms with E-state index in [2.05, 4.69) is 34.2 Å². The summed E-state index contributed by atoms with van der Waals surface area (Å²) < 4.78 is 27.6. The molecule has 0 aromatic heterocycles. The summed E-state index contributed by atoms with van der Waals surface area (Å²) in [5, 5.41) is 12.7. The molecule has 0 saturated carbocycles. The van der Waals surface area contributed by atoms with E-state index in [1.54, 1.807) is 4.90 Å². The molecule has 2 aromatic carbocycles. The van der Waals surface area contributed by atoms with Crippen molar-refractivity contribution >= 4 is 11.7 Å². The van der Waals surface area contributed by atoms with E-state index < -0.39 is 17.7 Å². The number of nitrogens with zero attached hydrogens (tertiary/aromatic N) is 3. The molecule has 2 fully saturated rings. The third-order valence-electron chi connectivity index (χ3n) is 6.75. The molecule has 0 aliphatic carbocycles. The SMILES string of the molecule is CN(C)CC#Cc1ccc([C@@H]2[C@@H](CO)N3CCCCN(C(=O)Nc4cc(F)ccc4F)C[C@@H]23)cc1. The highest BCUT2D eigenvalue weighted by molar-refractivity contribution is 5.89. The zero-order chi connectivity index (χ0) is 24.9. The third kappa shape index (κ3) is 5.81. The quantitative estimate of drug-likeness (QED) is 0.657. The van der Waals surface area contributed by atoms with Gasteiger partial charge in [0.25, 0.3) is 0 Å². The van der Waals surface area contributed by atoms with Gasteiger partial charge in [-0.3, -0.25) is 9.80 Å². The van der Waals surface area contributed by atoms with Gasteiger partial charge in [-0.05, 0) is 63.3 Å². The van der Waals surface area contributed by atoms with Crippen LogP contribution in [-0.2, 0) is 0 Å². The zero-order valence-corrected chi connectivity index (χ0v) is 20.2. The van der Waals surface area contributed by atoms with Gasteiger partial charge in [0.2, 0.25) is 0 Å². The van der Waals surface area contributed by atoms with Crippen molar-refractivity contribution in [2.24, 2.45) is 0 Å². The molecule has 0 unspecified atom stereocenters. The molecule has 8 heteroatoms. The average Bonchev–Trinajstić information content (AvgIpc) is 2.81. The van der Waals surface area contributed by atoms with Gasteiger partial charge in [-0.2, -0.15) is 0 Å². The highest BCUT2D eigenvalue weighted by atomic mass is 19.1. The van der Waals surface area contributed by atoms with Gasteiger partial charge in [0, 0.05) is 42.7 Å². The number of fused-ring (bicyclic) bond motifs is 1. The number of aliphatic hydroxyl groups is 1. The minimum absolute atomic E-state index is 0.0191. The fourth-order valence-electron chi connectivity index (χ4n) is 5.00. The van der Waals surface area contributed by atoms with E-state index in [-0.39, 0.29) is 30.3 Å². The molecular weight excluding hydrogens is 450 g/mol. The highest BCUT2D eigenvalue weighted by Crippen LogP contribution is 2.42. The molecule has 35 heavy (non-hydrogen) atoms. The minimum Gasteiger partial charge on any atom is -0.395 e. The molecule has 0 bridgehead atoms. The van der Waals surface area contributed by atoms with Gasteiger partial charge in [-0.1, -0.05) is 24.0 Å². The Labute approximate surface area is 205 Å². The van der Waals surface area contributed by atoms with Crippen molar-refractivity contribution in [3.05, 3.63) is 65.2 Å². The lowest BCUT2D eigenvalue weighted by molar-refractivity contribution is -0.0585. The first-order chi connectivity index (χ1) is 16.9. The van der Waals surface area contributed by atoms with Crippen LogP contribution in [0.3, 0.4) is 0 Å². The molecule has 2 aliphatic heterocycles. The van der Waals surface area contributed by atoms with Crippen molar-refractivity contribution < 1.29 is 18.7 Å². The van der Waals surface area contributed by atoms with Crippen molar-refractivity contribution in [3.63, 3.8) is 0 Å². The van der Waals surface area contributed by atoms with Crippen LogP contribution in [0.5, 0.6) is 0 Å². The van der Waals surface area contributed by atoms with Gasteiger partial charge >= 0.3 is 6.03 Å². The molecule has 2 amide bonds. The molecule has 2 aromatic rings. The number of rotatable bonds is 4. The van der Waals surface area contributed by atoms with Gasteiger partial charge in [0.15, 0.2) is 0 Å². The number of aliphatic hydroxyl groups excluding tert-OH is 1. The van der Waals surface area contributed by atoms with Crippen LogP contribution < -0.4 is 5.32 Å². The summed E-state index contributed by atoms with van der Waals surface area (Å²) in [6.45, 7) is 2.55. The van der Waals surface area contributed by atoms with E-state index in [0.29, 0.717) is 19.6 Å². The van der Waals surface area contributed by atoms with Crippen LogP contribution in [-0.4, -0.2) is 84.8 Å². The number of halogens is 2. The summed E-state index contributed by atoms with van der Waals surface area (Å²) in [6, 6.07) is 10.7. The summed E-state index contributed by atoms with van der Waals surface area (Å²) in [5.74, 6) is 5.06. The first-order valence-corrected chi connectivity index (χ1v) is 12.0. The van der Waals surface area contributed by atoms with Crippen molar-refractivity contribution in [1.29, 1.82) is 0 Å². The summed E-state index contributed by atoms with van der Waals surface area (Å²) in [6.07, 6.45) is 1.68. The van der Waals surface area contributed by atoms with Crippen LogP contribution in [0.15, 0.2) is 42.5 Å². The summed E-state index contributed by atoms with van der Waals surface area (Å²) >= 11 is 0. The lowest BCUT2D eigenvalue weighted by Crippen LogP contribution is -2.68. The molecule has 2 aliphatic rings. The van der Waals surface area contributed by atoms with Gasteiger partial charge < -0.3 is 15.3 Å². The van der Waals surface area contributed by atoms with Crippen LogP contribution in [0.25, 0.3) is 0 Å². The lowest BCUT2D eigenvalue weighted by Gasteiger charge is -2.57. The van der Waals surface area contributed by atoms with Crippen LogP contribution in [0.4, 0.5) is 19.3 Å². The summed E-state index contributed by atoms with van der Waals surface area (Å²) in [7, 11) is 3.95. The Bertz CT molecular complexity index is 1100. The second-order valence-corrected chi connectivity index (χ2v) is 9.45. The van der Waals surface area contributed by atoms with E-state index in [4.69, 9.17) is 0 Å². The maximum Gasteiger partial charge on any atom is 0.321 e. The van der Waals surface area contributed by atoms with Crippen molar-refractivity contribution in [2.75, 3.05) is 52.2 Å². The Hall–Kier alpha value is -2.99. The van der Waals surface area contributed by atoms with E-state index in [0.717, 1.165) is 48.7 Å². The fourth-order valence-corrected chi connectivity index (χ4v) is 5.00. The lowest BCUT2D eigenvalue weighted by atomic mass is 9.74. The predicted octanol–water partition coefficient (Wildman–Crippen LogP) is 3.33. The van der Waals surface area contributed by atoms with E-state index in [9.17, 15) is 18.7 Å². The van der Waals surface area contributed by atoms with E-state index in [1.165, 1.54) is 0 Å². The maximum absolute atomic E-state index is 14.1. The number of amides is 2. The largest absolute Gasteiger partial charge is 0.395 e. The van der Waals surface area contributed by atoms with Crippen molar-refractivity contribution in [1.82, 2.24) is 14.7 Å². The molecule has 2 saturated heterocycles. The smallest absolute Gasteiger partial charge is 0.321 e. The average molecular weight is 483 g/mol. The van der Waals surface area contributed by atoms with Crippen LogP contribution in [0.2, 0.25) is 0 Å². The second-order valence-electron chi connectivity index (χ2n) is 9.45. The Kier molecular flexibility index (Phi) is 8.01. The molecular formula is C27H32F2N4O2. The Morgan fingerprint density at radius 2 is 1.89 bits per heavy atom. The minimum atomic E-state index is -0.677. The topological polar surface area (TPSA) is 59.1 Å². The number of urea groups is 1. The van der Waals surface area contributed by atoms with Crippen LogP contribution in [0, 0.1) is 23.5 Å². The number of carbonyl (C=O) groups excluding carboxylic acids is 1. The standard InChI is InChI=1S/C27H32F2N4O2/c1-31(2)13-5-6-19-7-9-20(10-8-19)26-24-17-32(14-3-4-15-33(24)25(26)18-34)27(35)30-23-16-21(28)11-12-22(23)29/h7-12,16,24-26,34H,3-4,13-15,17-18H2,1-2H3,(H,30,35)/t24-,25+,26-/m0/s1. The molecule has 3 atom stereocenters. The molecule has 186 valence electrons. The predicted molar refractivity (Wildman–Crippen MR) is 132 cm³/mol. The normalized spacial score (nSPS) is 22.3. The number of benzene rings is 2. The van der Waals surface area contributed by atoms with Gasteiger partial charge in [-0.15, -0.1) is 0 Å².